The lowest BCUT2D eigenvalue weighted by Crippen LogP contribution is -2.04. The van der Waals surface area contributed by atoms with Crippen LogP contribution < -0.4 is 10.1 Å². The van der Waals surface area contributed by atoms with Crippen LogP contribution in [0.4, 0.5) is 0 Å². The van der Waals surface area contributed by atoms with Crippen LogP contribution in [0.3, 0.4) is 0 Å². The summed E-state index contributed by atoms with van der Waals surface area (Å²) in [6.45, 7) is 0.779. The van der Waals surface area contributed by atoms with Crippen LogP contribution in [0.5, 0.6) is 11.5 Å². The number of halogens is 2. The Hall–Kier alpha value is -1.22. The van der Waals surface area contributed by atoms with Gasteiger partial charge < -0.3 is 10.1 Å². The van der Waals surface area contributed by atoms with Crippen LogP contribution in [-0.2, 0) is 6.54 Å². The van der Waals surface area contributed by atoms with Crippen molar-refractivity contribution < 1.29 is 4.74 Å². The molecule has 0 aliphatic rings. The van der Waals surface area contributed by atoms with E-state index >= 15 is 0 Å². The summed E-state index contributed by atoms with van der Waals surface area (Å²) in [6.07, 6.45) is 0. The topological polar surface area (TPSA) is 21.3 Å². The smallest absolute Gasteiger partial charge is 0.146 e. The van der Waals surface area contributed by atoms with Crippen LogP contribution in [0.1, 0.15) is 5.56 Å². The second-order valence-electron chi connectivity index (χ2n) is 3.85. The Morgan fingerprint density at radius 3 is 2.39 bits per heavy atom. The van der Waals surface area contributed by atoms with Crippen molar-refractivity contribution in [2.24, 2.45) is 0 Å². The van der Waals surface area contributed by atoms with Gasteiger partial charge in [0.15, 0.2) is 0 Å². The zero-order valence-corrected chi connectivity index (χ0v) is 11.4. The van der Waals surface area contributed by atoms with Gasteiger partial charge >= 0.3 is 0 Å². The minimum Gasteiger partial charge on any atom is -0.456 e. The van der Waals surface area contributed by atoms with E-state index in [1.165, 1.54) is 0 Å². The van der Waals surface area contributed by atoms with E-state index in [1.54, 1.807) is 24.3 Å². The maximum atomic E-state index is 6.17. The first-order chi connectivity index (χ1) is 8.69. The molecule has 2 aromatic carbocycles. The molecule has 2 aromatic rings. The molecule has 18 heavy (non-hydrogen) atoms. The molecular formula is C14H13Cl2NO. The molecule has 94 valence electrons. The predicted molar refractivity (Wildman–Crippen MR) is 75.7 cm³/mol. The summed E-state index contributed by atoms with van der Waals surface area (Å²) in [4.78, 5) is 0. The number of ether oxygens (including phenoxy) is 1. The van der Waals surface area contributed by atoms with Crippen LogP contribution in [0.2, 0.25) is 10.0 Å². The fourth-order valence-corrected chi connectivity index (χ4v) is 1.94. The first kappa shape index (κ1) is 13.2. The number of hydrogen-bond acceptors (Lipinski definition) is 2. The van der Waals surface area contributed by atoms with Crippen molar-refractivity contribution in [3.8, 4) is 11.5 Å². The molecule has 0 heterocycles. The summed E-state index contributed by atoms with van der Waals surface area (Å²) in [5, 5.41) is 4.35. The van der Waals surface area contributed by atoms with Gasteiger partial charge in [-0.05, 0) is 49.0 Å². The highest BCUT2D eigenvalue weighted by Crippen LogP contribution is 2.30. The molecular weight excluding hydrogens is 269 g/mol. The molecule has 2 nitrogen and oxygen atoms in total. The quantitative estimate of drug-likeness (QED) is 0.891. The fourth-order valence-electron chi connectivity index (χ4n) is 1.57. The summed E-state index contributed by atoms with van der Waals surface area (Å²) in [6, 6.07) is 12.9. The Balaban J connectivity index is 2.16. The lowest BCUT2D eigenvalue weighted by atomic mass is 10.2. The zero-order chi connectivity index (χ0) is 13.0. The van der Waals surface area contributed by atoms with Crippen molar-refractivity contribution in [2.45, 2.75) is 6.54 Å². The van der Waals surface area contributed by atoms with Crippen molar-refractivity contribution in [3.63, 3.8) is 0 Å². The van der Waals surface area contributed by atoms with Crippen molar-refractivity contribution in [3.05, 3.63) is 58.1 Å². The standard InChI is InChI=1S/C14H13Cl2NO/c1-17-9-10-2-7-14(13(16)8-10)18-12-5-3-11(15)4-6-12/h2-8,17H,9H2,1H3. The third kappa shape index (κ3) is 3.39. The number of nitrogens with one attached hydrogen (secondary N) is 1. The van der Waals surface area contributed by atoms with Crippen LogP contribution >= 0.6 is 23.2 Å². The third-order valence-corrected chi connectivity index (χ3v) is 2.97. The number of rotatable bonds is 4. The first-order valence-electron chi connectivity index (χ1n) is 5.55. The molecule has 0 aliphatic carbocycles. The molecule has 0 amide bonds. The lowest BCUT2D eigenvalue weighted by molar-refractivity contribution is 0.482. The highest BCUT2D eigenvalue weighted by atomic mass is 35.5. The molecule has 2 rings (SSSR count). The molecule has 0 unspecified atom stereocenters. The fraction of sp³-hybridized carbons (Fsp3) is 0.143. The number of hydrogen-bond donors (Lipinski definition) is 1. The van der Waals surface area contributed by atoms with E-state index in [4.69, 9.17) is 27.9 Å². The Morgan fingerprint density at radius 1 is 1.06 bits per heavy atom. The van der Waals surface area contributed by atoms with Crippen molar-refractivity contribution >= 4 is 23.2 Å². The molecule has 0 radical (unpaired) electrons. The Kier molecular flexibility index (Phi) is 4.48. The van der Waals surface area contributed by atoms with E-state index < -0.39 is 0 Å². The number of benzene rings is 2. The SMILES string of the molecule is CNCc1ccc(Oc2ccc(Cl)cc2)c(Cl)c1. The van der Waals surface area contributed by atoms with Gasteiger partial charge in [0.2, 0.25) is 0 Å². The van der Waals surface area contributed by atoms with Gasteiger partial charge in [-0.2, -0.15) is 0 Å². The average Bonchev–Trinajstić information content (AvgIpc) is 2.36. The van der Waals surface area contributed by atoms with Gasteiger partial charge in [-0.15, -0.1) is 0 Å². The van der Waals surface area contributed by atoms with Crippen LogP contribution in [0, 0.1) is 0 Å². The van der Waals surface area contributed by atoms with E-state index in [1.807, 2.05) is 25.2 Å². The van der Waals surface area contributed by atoms with Crippen LogP contribution in [-0.4, -0.2) is 7.05 Å². The molecule has 0 atom stereocenters. The van der Waals surface area contributed by atoms with Gasteiger partial charge in [0.25, 0.3) is 0 Å². The van der Waals surface area contributed by atoms with Crippen LogP contribution in [0.15, 0.2) is 42.5 Å². The summed E-state index contributed by atoms with van der Waals surface area (Å²) < 4.78 is 5.69. The van der Waals surface area contributed by atoms with Gasteiger partial charge in [-0.1, -0.05) is 29.3 Å². The van der Waals surface area contributed by atoms with Gasteiger partial charge in [-0.3, -0.25) is 0 Å². The largest absolute Gasteiger partial charge is 0.456 e. The summed E-state index contributed by atoms with van der Waals surface area (Å²) in [7, 11) is 1.89. The minimum atomic E-state index is 0.595. The van der Waals surface area contributed by atoms with Crippen molar-refractivity contribution in [1.29, 1.82) is 0 Å². The maximum Gasteiger partial charge on any atom is 0.146 e. The van der Waals surface area contributed by atoms with E-state index in [-0.39, 0.29) is 0 Å². The van der Waals surface area contributed by atoms with Crippen LogP contribution in [0.25, 0.3) is 0 Å². The normalized spacial score (nSPS) is 10.4. The maximum absolute atomic E-state index is 6.17. The molecule has 1 N–H and O–H groups in total. The molecule has 0 bridgehead atoms. The molecule has 0 spiro atoms. The van der Waals surface area contributed by atoms with E-state index in [0.717, 1.165) is 12.1 Å². The molecule has 0 fully saturated rings. The molecule has 4 heteroatoms. The van der Waals surface area contributed by atoms with Gasteiger partial charge in [0.05, 0.1) is 5.02 Å². The lowest BCUT2D eigenvalue weighted by Gasteiger charge is -2.09. The Morgan fingerprint density at radius 2 is 1.78 bits per heavy atom. The Labute approximate surface area is 116 Å². The average molecular weight is 282 g/mol. The minimum absolute atomic E-state index is 0.595. The highest BCUT2D eigenvalue weighted by Gasteiger charge is 2.04. The molecule has 0 saturated carbocycles. The van der Waals surface area contributed by atoms with Crippen molar-refractivity contribution in [2.75, 3.05) is 7.05 Å². The third-order valence-electron chi connectivity index (χ3n) is 2.42. The van der Waals surface area contributed by atoms with E-state index in [2.05, 4.69) is 5.32 Å². The predicted octanol–water partition coefficient (Wildman–Crippen LogP) is 4.51. The Bertz CT molecular complexity index is 526. The summed E-state index contributed by atoms with van der Waals surface area (Å²) in [5.41, 5.74) is 1.12. The first-order valence-corrected chi connectivity index (χ1v) is 6.31. The van der Waals surface area contributed by atoms with E-state index in [0.29, 0.717) is 21.5 Å². The van der Waals surface area contributed by atoms with Gasteiger partial charge in [-0.25, -0.2) is 0 Å². The van der Waals surface area contributed by atoms with Crippen molar-refractivity contribution in [1.82, 2.24) is 5.32 Å². The summed E-state index contributed by atoms with van der Waals surface area (Å²) >= 11 is 12.0. The second kappa shape index (κ2) is 6.10. The summed E-state index contributed by atoms with van der Waals surface area (Å²) in [5.74, 6) is 1.35. The molecule has 0 aromatic heterocycles. The molecule has 0 aliphatic heterocycles. The van der Waals surface area contributed by atoms with E-state index in [9.17, 15) is 0 Å². The van der Waals surface area contributed by atoms with Gasteiger partial charge in [0.1, 0.15) is 11.5 Å². The monoisotopic (exact) mass is 281 g/mol. The highest BCUT2D eigenvalue weighted by molar-refractivity contribution is 6.32. The zero-order valence-electron chi connectivity index (χ0n) is 9.91. The second-order valence-corrected chi connectivity index (χ2v) is 4.69. The molecule has 0 saturated heterocycles. The van der Waals surface area contributed by atoms with Gasteiger partial charge in [0, 0.05) is 11.6 Å².